The molecule has 178 valence electrons. The maximum absolute atomic E-state index is 13.4. The zero-order chi connectivity index (χ0) is 24.4. The highest BCUT2D eigenvalue weighted by atomic mass is 19.1. The summed E-state index contributed by atoms with van der Waals surface area (Å²) in [6.07, 6.45) is 6.81. The minimum absolute atomic E-state index is 0.00549. The van der Waals surface area contributed by atoms with Gasteiger partial charge in [0.2, 0.25) is 5.91 Å². The second kappa shape index (κ2) is 9.61. The number of anilines is 2. The molecule has 0 atom stereocenters. The Labute approximate surface area is 200 Å². The van der Waals surface area contributed by atoms with Gasteiger partial charge in [0.25, 0.3) is 5.91 Å². The predicted molar refractivity (Wildman–Crippen MR) is 129 cm³/mol. The summed E-state index contributed by atoms with van der Waals surface area (Å²) in [5, 5.41) is 5.53. The van der Waals surface area contributed by atoms with E-state index in [1.54, 1.807) is 36.5 Å². The molecule has 4 aromatic rings. The van der Waals surface area contributed by atoms with Crippen LogP contribution < -0.4 is 10.6 Å². The predicted octanol–water partition coefficient (Wildman–Crippen LogP) is 5.67. The lowest BCUT2D eigenvalue weighted by atomic mass is 9.89. The minimum atomic E-state index is -0.818. The second-order valence-electron chi connectivity index (χ2n) is 8.69. The molecule has 2 amide bonds. The maximum Gasteiger partial charge on any atom is 0.255 e. The van der Waals surface area contributed by atoms with E-state index in [1.807, 2.05) is 0 Å². The first-order valence-corrected chi connectivity index (χ1v) is 11.5. The highest BCUT2D eigenvalue weighted by Gasteiger charge is 2.21. The van der Waals surface area contributed by atoms with Crippen molar-refractivity contribution in [2.24, 2.45) is 5.92 Å². The van der Waals surface area contributed by atoms with Gasteiger partial charge in [-0.3, -0.25) is 9.59 Å². The van der Waals surface area contributed by atoms with Gasteiger partial charge >= 0.3 is 0 Å². The van der Waals surface area contributed by atoms with Gasteiger partial charge in [-0.05, 0) is 49.2 Å². The summed E-state index contributed by atoms with van der Waals surface area (Å²) in [6, 6.07) is 11.3. The third kappa shape index (κ3) is 5.18. The van der Waals surface area contributed by atoms with Gasteiger partial charge in [-0.25, -0.2) is 18.7 Å². The van der Waals surface area contributed by atoms with Crippen LogP contribution in [0.5, 0.6) is 0 Å². The number of aromatic nitrogens is 3. The smallest absolute Gasteiger partial charge is 0.255 e. The average molecular weight is 475 g/mol. The van der Waals surface area contributed by atoms with Crippen LogP contribution in [0.25, 0.3) is 22.4 Å². The number of imidazole rings is 1. The van der Waals surface area contributed by atoms with E-state index in [0.29, 0.717) is 28.9 Å². The van der Waals surface area contributed by atoms with Crippen molar-refractivity contribution in [2.75, 3.05) is 10.6 Å². The zero-order valence-corrected chi connectivity index (χ0v) is 18.8. The summed E-state index contributed by atoms with van der Waals surface area (Å²) in [5.74, 6) is -1.14. The molecule has 0 bridgehead atoms. The van der Waals surface area contributed by atoms with Crippen molar-refractivity contribution < 1.29 is 18.4 Å². The first-order valence-electron chi connectivity index (χ1n) is 11.5. The molecular weight excluding hydrogens is 452 g/mol. The molecule has 1 aliphatic carbocycles. The molecule has 2 aromatic carbocycles. The lowest BCUT2D eigenvalue weighted by molar-refractivity contribution is -0.120. The Balaban J connectivity index is 1.28. The van der Waals surface area contributed by atoms with E-state index < -0.39 is 17.5 Å². The van der Waals surface area contributed by atoms with Crippen molar-refractivity contribution >= 4 is 34.4 Å². The maximum atomic E-state index is 13.4. The van der Waals surface area contributed by atoms with E-state index in [1.165, 1.54) is 6.42 Å². The molecular formula is C26H23F2N5O2. The number of nitrogens with one attached hydrogen (secondary N) is 3. The van der Waals surface area contributed by atoms with Gasteiger partial charge in [-0.15, -0.1) is 0 Å². The van der Waals surface area contributed by atoms with Gasteiger partial charge < -0.3 is 15.6 Å². The van der Waals surface area contributed by atoms with Gasteiger partial charge in [-0.2, -0.15) is 0 Å². The number of rotatable bonds is 5. The number of amides is 2. The number of hydrogen-bond donors (Lipinski definition) is 3. The molecule has 0 saturated heterocycles. The molecule has 3 N–H and O–H groups in total. The van der Waals surface area contributed by atoms with Gasteiger partial charge in [0.1, 0.15) is 23.3 Å². The first-order chi connectivity index (χ1) is 16.9. The number of fused-ring (bicyclic) bond motifs is 1. The molecule has 1 aliphatic rings. The second-order valence-corrected chi connectivity index (χ2v) is 8.69. The lowest BCUT2D eigenvalue weighted by Gasteiger charge is -2.20. The first kappa shape index (κ1) is 22.6. The van der Waals surface area contributed by atoms with E-state index in [4.69, 9.17) is 0 Å². The fourth-order valence-corrected chi connectivity index (χ4v) is 4.31. The van der Waals surface area contributed by atoms with Gasteiger partial charge in [-0.1, -0.05) is 19.3 Å². The van der Waals surface area contributed by atoms with Crippen LogP contribution in [0.4, 0.5) is 20.3 Å². The molecule has 0 radical (unpaired) electrons. The lowest BCUT2D eigenvalue weighted by Crippen LogP contribution is -2.25. The van der Waals surface area contributed by atoms with Crippen molar-refractivity contribution in [3.8, 4) is 11.4 Å². The van der Waals surface area contributed by atoms with E-state index >= 15 is 0 Å². The van der Waals surface area contributed by atoms with Crippen LogP contribution >= 0.6 is 0 Å². The van der Waals surface area contributed by atoms with Crippen LogP contribution in [0.2, 0.25) is 0 Å². The summed E-state index contributed by atoms with van der Waals surface area (Å²) < 4.78 is 26.7. The van der Waals surface area contributed by atoms with Crippen LogP contribution in [0.1, 0.15) is 42.5 Å². The summed E-state index contributed by atoms with van der Waals surface area (Å²) in [4.78, 5) is 36.9. The standard InChI is InChI=1S/C26H23F2N5O2/c27-18-10-17(11-19(28)12-18)26(35)30-20-8-6-15(7-9-20)24-31-21-13-23(29-14-22(21)32-24)33-25(34)16-4-2-1-3-5-16/h6-14,16H,1-5H2,(H,30,35)(H,31,32)(H,29,33,34). The summed E-state index contributed by atoms with van der Waals surface area (Å²) >= 11 is 0. The van der Waals surface area contributed by atoms with Crippen molar-refractivity contribution in [1.82, 2.24) is 15.0 Å². The molecule has 2 heterocycles. The Bertz CT molecular complexity index is 1370. The molecule has 0 spiro atoms. The molecule has 7 nitrogen and oxygen atoms in total. The molecule has 0 unspecified atom stereocenters. The Morgan fingerprint density at radius 3 is 2.34 bits per heavy atom. The molecule has 35 heavy (non-hydrogen) atoms. The highest BCUT2D eigenvalue weighted by molar-refractivity contribution is 6.04. The Kier molecular flexibility index (Phi) is 6.22. The molecule has 5 rings (SSSR count). The van der Waals surface area contributed by atoms with Gasteiger partial charge in [0, 0.05) is 34.9 Å². The molecule has 0 aliphatic heterocycles. The molecule has 2 aromatic heterocycles. The Morgan fingerprint density at radius 1 is 0.914 bits per heavy atom. The van der Waals surface area contributed by atoms with Crippen LogP contribution in [0.3, 0.4) is 0 Å². The Morgan fingerprint density at radius 2 is 1.63 bits per heavy atom. The van der Waals surface area contributed by atoms with E-state index in [2.05, 4.69) is 25.6 Å². The fourth-order valence-electron chi connectivity index (χ4n) is 4.31. The largest absolute Gasteiger partial charge is 0.337 e. The quantitative estimate of drug-likeness (QED) is 0.346. The number of aromatic amines is 1. The number of carbonyl (C=O) groups excluding carboxylic acids is 2. The summed E-state index contributed by atoms with van der Waals surface area (Å²) in [7, 11) is 0. The van der Waals surface area contributed by atoms with Crippen molar-refractivity contribution in [3.63, 3.8) is 0 Å². The van der Waals surface area contributed by atoms with Crippen LogP contribution in [0, 0.1) is 17.6 Å². The molecule has 1 fully saturated rings. The van der Waals surface area contributed by atoms with Crippen LogP contribution in [0.15, 0.2) is 54.7 Å². The number of halogens is 2. The summed E-state index contributed by atoms with van der Waals surface area (Å²) in [5.41, 5.74) is 2.51. The van der Waals surface area contributed by atoms with Crippen molar-refractivity contribution in [2.45, 2.75) is 32.1 Å². The van der Waals surface area contributed by atoms with E-state index in [-0.39, 0.29) is 17.4 Å². The monoisotopic (exact) mass is 475 g/mol. The number of benzene rings is 2. The van der Waals surface area contributed by atoms with Crippen LogP contribution in [-0.4, -0.2) is 26.8 Å². The van der Waals surface area contributed by atoms with Crippen molar-refractivity contribution in [3.05, 3.63) is 71.9 Å². The number of H-pyrrole nitrogens is 1. The average Bonchev–Trinajstić information content (AvgIpc) is 3.28. The highest BCUT2D eigenvalue weighted by Crippen LogP contribution is 2.26. The van der Waals surface area contributed by atoms with Gasteiger partial charge in [0.05, 0.1) is 17.2 Å². The number of carbonyl (C=O) groups is 2. The van der Waals surface area contributed by atoms with E-state index in [9.17, 15) is 18.4 Å². The normalized spacial score (nSPS) is 14.1. The Hall–Kier alpha value is -4.14. The van der Waals surface area contributed by atoms with Crippen molar-refractivity contribution in [1.29, 1.82) is 0 Å². The van der Waals surface area contributed by atoms with Crippen LogP contribution in [-0.2, 0) is 4.79 Å². The zero-order valence-electron chi connectivity index (χ0n) is 18.8. The number of hydrogen-bond acceptors (Lipinski definition) is 4. The topological polar surface area (TPSA) is 99.8 Å². The third-order valence-corrected chi connectivity index (χ3v) is 6.14. The summed E-state index contributed by atoms with van der Waals surface area (Å²) in [6.45, 7) is 0. The fraction of sp³-hybridized carbons (Fsp3) is 0.231. The molecule has 1 saturated carbocycles. The minimum Gasteiger partial charge on any atom is -0.337 e. The third-order valence-electron chi connectivity index (χ3n) is 6.14. The SMILES string of the molecule is O=C(Nc1ccc(-c2nc3cc(NC(=O)C4CCCCC4)ncc3[nH]2)cc1)c1cc(F)cc(F)c1. The number of nitrogens with zero attached hydrogens (tertiary/aromatic N) is 2. The van der Waals surface area contributed by atoms with E-state index in [0.717, 1.165) is 48.9 Å². The van der Waals surface area contributed by atoms with Gasteiger partial charge in [0.15, 0.2) is 0 Å². The molecule has 9 heteroatoms. The number of pyridine rings is 1.